The highest BCUT2D eigenvalue weighted by molar-refractivity contribution is 7.91. The number of nitrogen functional groups attached to an aromatic ring is 1. The molecule has 0 atom stereocenters. The molecular formula is C11H12N4O2S. The van der Waals surface area contributed by atoms with Gasteiger partial charge in [-0.2, -0.15) is 0 Å². The molecule has 3 N–H and O–H groups in total. The Hall–Kier alpha value is -2.15. The van der Waals surface area contributed by atoms with Crippen LogP contribution in [0.1, 0.15) is 5.56 Å². The van der Waals surface area contributed by atoms with Crippen LogP contribution in [-0.4, -0.2) is 18.4 Å². The summed E-state index contributed by atoms with van der Waals surface area (Å²) in [6, 6.07) is 8.26. The smallest absolute Gasteiger partial charge is 0.239 e. The number of nitrogens with zero attached hydrogens (tertiary/aromatic N) is 2. The van der Waals surface area contributed by atoms with Crippen LogP contribution >= 0.6 is 0 Å². The summed E-state index contributed by atoms with van der Waals surface area (Å²) in [6.07, 6.45) is 2.93. The molecule has 0 saturated carbocycles. The van der Waals surface area contributed by atoms with E-state index in [1.165, 1.54) is 12.4 Å². The predicted octanol–water partition coefficient (Wildman–Crippen LogP) is 1.00. The fourth-order valence-corrected chi connectivity index (χ4v) is 2.45. The SMILES string of the molecule is Nc1ccc(CS(=O)(=O)Nc2ncccn2)cc1. The molecule has 0 fully saturated rings. The van der Waals surface area contributed by atoms with E-state index in [-0.39, 0.29) is 11.7 Å². The second kappa shape index (κ2) is 5.01. The Bertz CT molecular complexity index is 611. The highest BCUT2D eigenvalue weighted by Gasteiger charge is 2.12. The van der Waals surface area contributed by atoms with E-state index in [1.807, 2.05) is 0 Å². The maximum absolute atomic E-state index is 11.8. The van der Waals surface area contributed by atoms with Crippen molar-refractivity contribution in [3.63, 3.8) is 0 Å². The minimum Gasteiger partial charge on any atom is -0.399 e. The maximum atomic E-state index is 11.8. The number of rotatable bonds is 4. The normalized spacial score (nSPS) is 11.1. The molecule has 0 unspecified atom stereocenters. The fraction of sp³-hybridized carbons (Fsp3) is 0.0909. The average molecular weight is 264 g/mol. The average Bonchev–Trinajstić information content (AvgIpc) is 2.32. The summed E-state index contributed by atoms with van der Waals surface area (Å²) in [6.45, 7) is 0. The first-order valence-electron chi connectivity index (χ1n) is 5.17. The van der Waals surface area contributed by atoms with Crippen molar-refractivity contribution >= 4 is 21.7 Å². The number of aromatic nitrogens is 2. The van der Waals surface area contributed by atoms with Crippen molar-refractivity contribution < 1.29 is 8.42 Å². The minimum atomic E-state index is -3.52. The topological polar surface area (TPSA) is 98.0 Å². The lowest BCUT2D eigenvalue weighted by Gasteiger charge is -2.06. The van der Waals surface area contributed by atoms with E-state index in [9.17, 15) is 8.42 Å². The van der Waals surface area contributed by atoms with Crippen molar-refractivity contribution in [3.8, 4) is 0 Å². The van der Waals surface area contributed by atoms with Gasteiger partial charge in [0.2, 0.25) is 16.0 Å². The van der Waals surface area contributed by atoms with Gasteiger partial charge in [-0.05, 0) is 23.8 Å². The van der Waals surface area contributed by atoms with Crippen molar-refractivity contribution in [1.82, 2.24) is 9.97 Å². The number of benzene rings is 1. The number of anilines is 2. The highest BCUT2D eigenvalue weighted by Crippen LogP contribution is 2.10. The lowest BCUT2D eigenvalue weighted by atomic mass is 10.2. The fourth-order valence-electron chi connectivity index (χ4n) is 1.36. The quantitative estimate of drug-likeness (QED) is 0.803. The van der Waals surface area contributed by atoms with Gasteiger partial charge >= 0.3 is 0 Å². The standard InChI is InChI=1S/C11H12N4O2S/c12-10-4-2-9(3-5-10)8-18(16,17)15-11-13-6-1-7-14-11/h1-7H,8,12H2,(H,13,14,15). The molecule has 0 aliphatic heterocycles. The van der Waals surface area contributed by atoms with Crippen LogP contribution in [0.5, 0.6) is 0 Å². The molecule has 0 radical (unpaired) electrons. The van der Waals surface area contributed by atoms with Crippen LogP contribution in [0.3, 0.4) is 0 Å². The molecule has 6 nitrogen and oxygen atoms in total. The lowest BCUT2D eigenvalue weighted by molar-refractivity contribution is 0.600. The Kier molecular flexibility index (Phi) is 3.42. The van der Waals surface area contributed by atoms with Gasteiger partial charge in [-0.25, -0.2) is 18.4 Å². The van der Waals surface area contributed by atoms with Gasteiger partial charge in [0.05, 0.1) is 5.75 Å². The van der Waals surface area contributed by atoms with E-state index in [2.05, 4.69) is 14.7 Å². The van der Waals surface area contributed by atoms with E-state index in [1.54, 1.807) is 30.3 Å². The van der Waals surface area contributed by atoms with E-state index < -0.39 is 10.0 Å². The highest BCUT2D eigenvalue weighted by atomic mass is 32.2. The molecule has 2 aromatic rings. The van der Waals surface area contributed by atoms with Crippen LogP contribution in [0.15, 0.2) is 42.7 Å². The van der Waals surface area contributed by atoms with E-state index in [0.717, 1.165) is 0 Å². The van der Waals surface area contributed by atoms with E-state index >= 15 is 0 Å². The summed E-state index contributed by atoms with van der Waals surface area (Å²) >= 11 is 0. The van der Waals surface area contributed by atoms with E-state index in [0.29, 0.717) is 11.3 Å². The molecule has 0 amide bonds. The number of hydrogen-bond acceptors (Lipinski definition) is 5. The molecule has 1 heterocycles. The first-order valence-corrected chi connectivity index (χ1v) is 6.82. The molecule has 0 aliphatic rings. The monoisotopic (exact) mass is 264 g/mol. The molecule has 18 heavy (non-hydrogen) atoms. The zero-order valence-electron chi connectivity index (χ0n) is 9.45. The van der Waals surface area contributed by atoms with Crippen molar-refractivity contribution in [2.75, 3.05) is 10.5 Å². The van der Waals surface area contributed by atoms with Crippen molar-refractivity contribution in [3.05, 3.63) is 48.3 Å². The first-order chi connectivity index (χ1) is 8.55. The minimum absolute atomic E-state index is 0.0629. The summed E-state index contributed by atoms with van der Waals surface area (Å²) < 4.78 is 26.0. The molecule has 1 aromatic heterocycles. The maximum Gasteiger partial charge on any atom is 0.239 e. The van der Waals surface area contributed by atoms with Crippen LogP contribution < -0.4 is 10.5 Å². The summed E-state index contributed by atoms with van der Waals surface area (Å²) in [5.41, 5.74) is 6.77. The number of nitrogens with two attached hydrogens (primary N) is 1. The summed E-state index contributed by atoms with van der Waals surface area (Å²) in [5, 5.41) is 0. The van der Waals surface area contributed by atoms with Crippen LogP contribution in [0.4, 0.5) is 11.6 Å². The molecule has 0 spiro atoms. The van der Waals surface area contributed by atoms with Crippen LogP contribution in [-0.2, 0) is 15.8 Å². The molecule has 0 aliphatic carbocycles. The Morgan fingerprint density at radius 1 is 1.11 bits per heavy atom. The Morgan fingerprint density at radius 3 is 2.33 bits per heavy atom. The third-order valence-corrected chi connectivity index (χ3v) is 3.36. The first kappa shape index (κ1) is 12.3. The van der Waals surface area contributed by atoms with Gasteiger partial charge in [0, 0.05) is 18.1 Å². The lowest BCUT2D eigenvalue weighted by Crippen LogP contribution is -2.16. The zero-order valence-corrected chi connectivity index (χ0v) is 10.3. The van der Waals surface area contributed by atoms with Crippen molar-refractivity contribution in [2.45, 2.75) is 5.75 Å². The van der Waals surface area contributed by atoms with Crippen LogP contribution in [0, 0.1) is 0 Å². The molecule has 7 heteroatoms. The summed E-state index contributed by atoms with van der Waals surface area (Å²) in [5.74, 6) is -0.0844. The Labute approximate surface area is 105 Å². The molecule has 94 valence electrons. The van der Waals surface area contributed by atoms with Crippen LogP contribution in [0.2, 0.25) is 0 Å². The molecule has 2 rings (SSSR count). The second-order valence-corrected chi connectivity index (χ2v) is 5.40. The van der Waals surface area contributed by atoms with Gasteiger partial charge < -0.3 is 5.73 Å². The zero-order chi connectivity index (χ0) is 13.0. The van der Waals surface area contributed by atoms with Gasteiger partial charge in [0.25, 0.3) is 0 Å². The summed E-state index contributed by atoms with van der Waals surface area (Å²) in [4.78, 5) is 7.60. The van der Waals surface area contributed by atoms with Gasteiger partial charge in [-0.15, -0.1) is 0 Å². The van der Waals surface area contributed by atoms with Gasteiger partial charge in [-0.1, -0.05) is 12.1 Å². The van der Waals surface area contributed by atoms with Crippen molar-refractivity contribution in [2.24, 2.45) is 0 Å². The number of hydrogen-bond donors (Lipinski definition) is 2. The van der Waals surface area contributed by atoms with Crippen molar-refractivity contribution in [1.29, 1.82) is 0 Å². The molecule has 0 bridgehead atoms. The summed E-state index contributed by atoms with van der Waals surface area (Å²) in [7, 11) is -3.52. The molecule has 0 saturated heterocycles. The van der Waals surface area contributed by atoms with E-state index in [4.69, 9.17) is 5.73 Å². The molecule has 1 aromatic carbocycles. The third-order valence-electron chi connectivity index (χ3n) is 2.15. The number of sulfonamides is 1. The van der Waals surface area contributed by atoms with Gasteiger partial charge in [-0.3, -0.25) is 4.72 Å². The number of nitrogens with one attached hydrogen (secondary N) is 1. The third kappa shape index (κ3) is 3.42. The van der Waals surface area contributed by atoms with Gasteiger partial charge in [0.15, 0.2) is 0 Å². The predicted molar refractivity (Wildman–Crippen MR) is 69.1 cm³/mol. The second-order valence-electron chi connectivity index (χ2n) is 3.68. The Balaban J connectivity index is 2.10. The van der Waals surface area contributed by atoms with Gasteiger partial charge in [0.1, 0.15) is 0 Å². The van der Waals surface area contributed by atoms with Crippen LogP contribution in [0.25, 0.3) is 0 Å². The largest absolute Gasteiger partial charge is 0.399 e. The Morgan fingerprint density at radius 2 is 1.72 bits per heavy atom. The molecular weight excluding hydrogens is 252 g/mol.